The third-order valence-electron chi connectivity index (χ3n) is 11.2. The predicted molar refractivity (Wildman–Crippen MR) is 151 cm³/mol. The molecule has 0 aromatic heterocycles. The van der Waals surface area contributed by atoms with E-state index in [2.05, 4.69) is 36.4 Å². The highest BCUT2D eigenvalue weighted by Gasteiger charge is 2.68. The van der Waals surface area contributed by atoms with Crippen LogP contribution in [0.5, 0.6) is 0 Å². The van der Waals surface area contributed by atoms with E-state index in [9.17, 15) is 19.5 Å². The van der Waals surface area contributed by atoms with Gasteiger partial charge in [-0.2, -0.15) is 0 Å². The smallest absolute Gasteiger partial charge is 0.310 e. The van der Waals surface area contributed by atoms with E-state index in [-0.39, 0.29) is 59.5 Å². The standard InChI is InChI=1S/C31H41IO6/c1-18(33)31(36)14-11-25-28-24(10-13-30(25,31)4)29(3)12-9-23(37-19(2)34)16-21(29)17-26(28)38-27(35)15-20-5-7-22(32)8-6-20/h5-8,21,23-26,28,36H,9-17H2,1-4H3/t21?,23?,24?,25?,26?,28?,29-,30-,31-/m0/s1. The van der Waals surface area contributed by atoms with Crippen molar-refractivity contribution in [3.63, 3.8) is 0 Å². The zero-order chi connectivity index (χ0) is 27.5. The zero-order valence-corrected chi connectivity index (χ0v) is 25.2. The number of carbonyl (C=O) groups is 3. The molecule has 4 fully saturated rings. The van der Waals surface area contributed by atoms with Crippen molar-refractivity contribution in [2.75, 3.05) is 0 Å². The van der Waals surface area contributed by atoms with Crippen LogP contribution in [0.1, 0.15) is 84.6 Å². The first-order valence-corrected chi connectivity index (χ1v) is 15.3. The Kier molecular flexibility index (Phi) is 7.51. The Labute approximate surface area is 239 Å². The molecule has 0 heterocycles. The van der Waals surface area contributed by atoms with Gasteiger partial charge in [-0.1, -0.05) is 26.0 Å². The van der Waals surface area contributed by atoms with Crippen LogP contribution in [0.25, 0.3) is 0 Å². The number of halogens is 1. The summed E-state index contributed by atoms with van der Waals surface area (Å²) >= 11 is 2.25. The number of rotatable bonds is 5. The first kappa shape index (κ1) is 28.1. The van der Waals surface area contributed by atoms with Crippen molar-refractivity contribution in [2.45, 2.75) is 103 Å². The van der Waals surface area contributed by atoms with Crippen molar-refractivity contribution in [1.29, 1.82) is 0 Å². The van der Waals surface area contributed by atoms with Gasteiger partial charge in [0.05, 0.1) is 6.42 Å². The van der Waals surface area contributed by atoms with E-state index < -0.39 is 11.0 Å². The maximum Gasteiger partial charge on any atom is 0.310 e. The monoisotopic (exact) mass is 636 g/mol. The number of fused-ring (bicyclic) bond motifs is 5. The summed E-state index contributed by atoms with van der Waals surface area (Å²) in [6, 6.07) is 7.93. The molecule has 4 aliphatic carbocycles. The fourth-order valence-electron chi connectivity index (χ4n) is 9.20. The highest BCUT2D eigenvalue weighted by Crippen LogP contribution is 2.68. The highest BCUT2D eigenvalue weighted by atomic mass is 127. The highest BCUT2D eigenvalue weighted by molar-refractivity contribution is 14.1. The molecule has 6 unspecified atom stereocenters. The topological polar surface area (TPSA) is 89.9 Å². The SMILES string of the molecule is CC(=O)OC1CC[C@@]2(C)C(C1)CC(OC(=O)Cc1ccc(I)cc1)C1C2CC[C@@]2(C)C1CC[C@]2(O)C(C)=O. The molecule has 1 aromatic rings. The summed E-state index contributed by atoms with van der Waals surface area (Å²) < 4.78 is 13.1. The lowest BCUT2D eigenvalue weighted by Gasteiger charge is -2.63. The Morgan fingerprint density at radius 2 is 1.63 bits per heavy atom. The average Bonchev–Trinajstić information content (AvgIpc) is 3.13. The first-order chi connectivity index (χ1) is 17.9. The molecular formula is C31H41IO6. The summed E-state index contributed by atoms with van der Waals surface area (Å²) in [6.45, 7) is 7.47. The van der Waals surface area contributed by atoms with E-state index >= 15 is 0 Å². The molecule has 6 nitrogen and oxygen atoms in total. The molecular weight excluding hydrogens is 595 g/mol. The molecule has 1 N–H and O–H groups in total. The first-order valence-electron chi connectivity index (χ1n) is 14.2. The van der Waals surface area contributed by atoms with Gasteiger partial charge in [-0.25, -0.2) is 0 Å². The minimum atomic E-state index is -1.32. The van der Waals surface area contributed by atoms with Gasteiger partial charge >= 0.3 is 11.9 Å². The Balaban J connectivity index is 1.45. The molecule has 0 radical (unpaired) electrons. The van der Waals surface area contributed by atoms with Gasteiger partial charge in [-0.15, -0.1) is 0 Å². The summed E-state index contributed by atoms with van der Waals surface area (Å²) in [5.41, 5.74) is -0.846. The number of carbonyl (C=O) groups excluding carboxylic acids is 3. The van der Waals surface area contributed by atoms with Crippen LogP contribution in [0.15, 0.2) is 24.3 Å². The molecule has 1 aromatic carbocycles. The summed E-state index contributed by atoms with van der Waals surface area (Å²) in [6.07, 6.45) is 6.17. The molecule has 9 atom stereocenters. The van der Waals surface area contributed by atoms with Crippen LogP contribution in [-0.4, -0.2) is 40.6 Å². The lowest BCUT2D eigenvalue weighted by molar-refractivity contribution is -0.207. The molecule has 7 heteroatoms. The second kappa shape index (κ2) is 10.2. The summed E-state index contributed by atoms with van der Waals surface area (Å²) in [4.78, 5) is 37.7. The zero-order valence-electron chi connectivity index (χ0n) is 23.0. The fraction of sp³-hybridized carbons (Fsp3) is 0.710. The number of esters is 2. The predicted octanol–water partition coefficient (Wildman–Crippen LogP) is 5.65. The van der Waals surface area contributed by atoms with Crippen molar-refractivity contribution in [3.05, 3.63) is 33.4 Å². The van der Waals surface area contributed by atoms with Gasteiger partial charge in [0.2, 0.25) is 0 Å². The number of hydrogen-bond donors (Lipinski definition) is 1. The lowest BCUT2D eigenvalue weighted by atomic mass is 9.43. The van der Waals surface area contributed by atoms with Gasteiger partial charge < -0.3 is 14.6 Å². The van der Waals surface area contributed by atoms with Crippen LogP contribution < -0.4 is 0 Å². The van der Waals surface area contributed by atoms with Gasteiger partial charge in [0, 0.05) is 21.8 Å². The van der Waals surface area contributed by atoms with Gasteiger partial charge in [-0.05, 0) is 122 Å². The average molecular weight is 637 g/mol. The van der Waals surface area contributed by atoms with Crippen LogP contribution in [0, 0.1) is 38.1 Å². The van der Waals surface area contributed by atoms with Crippen LogP contribution in [0.3, 0.4) is 0 Å². The lowest BCUT2D eigenvalue weighted by Crippen LogP contribution is -2.62. The van der Waals surface area contributed by atoms with Crippen LogP contribution >= 0.6 is 22.6 Å². The molecule has 0 aliphatic heterocycles. The normalized spacial score (nSPS) is 41.8. The number of ether oxygens (including phenoxy) is 2. The van der Waals surface area contributed by atoms with Crippen LogP contribution in [-0.2, 0) is 30.3 Å². The minimum absolute atomic E-state index is 0.0542. The second-order valence-corrected chi connectivity index (χ2v) is 14.2. The van der Waals surface area contributed by atoms with Crippen molar-refractivity contribution in [2.24, 2.45) is 34.5 Å². The van der Waals surface area contributed by atoms with E-state index in [0.717, 1.165) is 54.1 Å². The summed E-state index contributed by atoms with van der Waals surface area (Å²) in [7, 11) is 0. The van der Waals surface area contributed by atoms with E-state index in [4.69, 9.17) is 9.47 Å². The van der Waals surface area contributed by atoms with Gasteiger partial charge in [0.25, 0.3) is 0 Å². The molecule has 0 bridgehead atoms. The maximum atomic E-state index is 13.3. The van der Waals surface area contributed by atoms with Crippen LogP contribution in [0.4, 0.5) is 0 Å². The number of benzene rings is 1. The Morgan fingerprint density at radius 3 is 2.29 bits per heavy atom. The largest absolute Gasteiger partial charge is 0.463 e. The second-order valence-electron chi connectivity index (χ2n) is 13.0. The van der Waals surface area contributed by atoms with Crippen LogP contribution in [0.2, 0.25) is 0 Å². The molecule has 0 amide bonds. The van der Waals surface area contributed by atoms with Gasteiger partial charge in [0.15, 0.2) is 5.78 Å². The van der Waals surface area contributed by atoms with Crippen molar-refractivity contribution >= 4 is 40.3 Å². The Hall–Kier alpha value is -1.48. The maximum absolute atomic E-state index is 13.3. The number of ketones is 1. The summed E-state index contributed by atoms with van der Waals surface area (Å²) in [5, 5.41) is 11.6. The van der Waals surface area contributed by atoms with E-state index in [0.29, 0.717) is 12.3 Å². The third kappa shape index (κ3) is 4.63. The van der Waals surface area contributed by atoms with Crippen molar-refractivity contribution < 1.29 is 29.0 Å². The van der Waals surface area contributed by atoms with E-state index in [1.165, 1.54) is 13.8 Å². The molecule has 0 spiro atoms. The quantitative estimate of drug-likeness (QED) is 0.332. The molecule has 0 saturated heterocycles. The molecule has 4 aliphatic rings. The van der Waals surface area contributed by atoms with Gasteiger partial charge in [0.1, 0.15) is 17.8 Å². The number of Topliss-reactive ketones (excluding diaryl/α,β-unsaturated/α-hetero) is 1. The van der Waals surface area contributed by atoms with Crippen molar-refractivity contribution in [3.8, 4) is 0 Å². The van der Waals surface area contributed by atoms with Crippen molar-refractivity contribution in [1.82, 2.24) is 0 Å². The van der Waals surface area contributed by atoms with E-state index in [1.54, 1.807) is 0 Å². The molecule has 38 heavy (non-hydrogen) atoms. The molecule has 5 rings (SSSR count). The van der Waals surface area contributed by atoms with Gasteiger partial charge in [-0.3, -0.25) is 14.4 Å². The number of aliphatic hydroxyl groups is 1. The fourth-order valence-corrected chi connectivity index (χ4v) is 9.56. The third-order valence-corrected chi connectivity index (χ3v) is 11.9. The summed E-state index contributed by atoms with van der Waals surface area (Å²) in [5.74, 6) is 0.242. The molecule has 4 saturated carbocycles. The van der Waals surface area contributed by atoms with E-state index in [1.807, 2.05) is 24.3 Å². The molecule has 208 valence electrons. The number of hydrogen-bond acceptors (Lipinski definition) is 6. The Morgan fingerprint density at radius 1 is 0.947 bits per heavy atom. The Bertz CT molecular complexity index is 1100. The minimum Gasteiger partial charge on any atom is -0.463 e.